The van der Waals surface area contributed by atoms with Gasteiger partial charge in [-0.15, -0.1) is 6.61 Å². The molecule has 0 saturated carbocycles. The van der Waals surface area contributed by atoms with E-state index >= 15 is 0 Å². The third kappa shape index (κ3) is 5.26. The minimum Gasteiger partial charge on any atom is -0.854 e. The number of hydrogen-bond donors (Lipinski definition) is 0. The summed E-state index contributed by atoms with van der Waals surface area (Å²) in [7, 11) is 0. The van der Waals surface area contributed by atoms with Gasteiger partial charge in [0.15, 0.2) is 0 Å². The molecule has 13 heavy (non-hydrogen) atoms. The third-order valence-electron chi connectivity index (χ3n) is 2.98. The van der Waals surface area contributed by atoms with Crippen LogP contribution in [0.15, 0.2) is 0 Å². The van der Waals surface area contributed by atoms with Crippen LogP contribution in [-0.2, 0) is 0 Å². The SMILES string of the molecule is CC(C)C1CCN(CC[O-])CC1.[K+]. The van der Waals surface area contributed by atoms with Gasteiger partial charge in [0.25, 0.3) is 0 Å². The molecule has 1 heterocycles. The van der Waals surface area contributed by atoms with E-state index in [1.807, 2.05) is 0 Å². The van der Waals surface area contributed by atoms with E-state index in [1.54, 1.807) is 0 Å². The van der Waals surface area contributed by atoms with Crippen LogP contribution in [0.1, 0.15) is 26.7 Å². The van der Waals surface area contributed by atoms with E-state index in [2.05, 4.69) is 18.7 Å². The molecule has 0 aromatic heterocycles. The van der Waals surface area contributed by atoms with Crippen molar-refractivity contribution in [2.75, 3.05) is 26.2 Å². The first-order valence-corrected chi connectivity index (χ1v) is 5.04. The van der Waals surface area contributed by atoms with Gasteiger partial charge < -0.3 is 10.0 Å². The van der Waals surface area contributed by atoms with E-state index in [0.717, 1.165) is 31.5 Å². The molecule has 1 aliphatic rings. The molecule has 0 aromatic carbocycles. The van der Waals surface area contributed by atoms with E-state index in [9.17, 15) is 5.11 Å². The Morgan fingerprint density at radius 2 is 1.85 bits per heavy atom. The molecule has 1 fully saturated rings. The summed E-state index contributed by atoms with van der Waals surface area (Å²) in [5.41, 5.74) is 0. The zero-order valence-electron chi connectivity index (χ0n) is 9.25. The van der Waals surface area contributed by atoms with Gasteiger partial charge in [-0.1, -0.05) is 13.8 Å². The van der Waals surface area contributed by atoms with Crippen molar-refractivity contribution in [2.24, 2.45) is 11.8 Å². The second kappa shape index (κ2) is 7.80. The Bertz CT molecular complexity index is 122. The predicted octanol–water partition coefficient (Wildman–Crippen LogP) is -2.28. The molecule has 0 atom stereocenters. The molecule has 72 valence electrons. The Morgan fingerprint density at radius 1 is 1.31 bits per heavy atom. The molecule has 0 aliphatic carbocycles. The summed E-state index contributed by atoms with van der Waals surface area (Å²) < 4.78 is 0. The van der Waals surface area contributed by atoms with Gasteiger partial charge in [-0.3, -0.25) is 0 Å². The second-order valence-corrected chi connectivity index (χ2v) is 4.13. The molecule has 0 spiro atoms. The summed E-state index contributed by atoms with van der Waals surface area (Å²) in [6.07, 6.45) is 2.58. The quantitative estimate of drug-likeness (QED) is 0.490. The van der Waals surface area contributed by atoms with Crippen LogP contribution in [0.3, 0.4) is 0 Å². The topological polar surface area (TPSA) is 26.3 Å². The van der Waals surface area contributed by atoms with Crippen molar-refractivity contribution >= 4 is 0 Å². The fraction of sp³-hybridized carbons (Fsp3) is 1.00. The average molecular weight is 209 g/mol. The van der Waals surface area contributed by atoms with Crippen LogP contribution in [0.4, 0.5) is 0 Å². The van der Waals surface area contributed by atoms with Crippen LogP contribution in [0.25, 0.3) is 0 Å². The fourth-order valence-electron chi connectivity index (χ4n) is 1.97. The van der Waals surface area contributed by atoms with Crippen LogP contribution >= 0.6 is 0 Å². The van der Waals surface area contributed by atoms with Crippen molar-refractivity contribution in [1.82, 2.24) is 4.90 Å². The van der Waals surface area contributed by atoms with Crippen molar-refractivity contribution in [1.29, 1.82) is 0 Å². The monoisotopic (exact) mass is 209 g/mol. The van der Waals surface area contributed by atoms with E-state index in [0.29, 0.717) is 0 Å². The van der Waals surface area contributed by atoms with Gasteiger partial charge in [-0.05, 0) is 44.3 Å². The summed E-state index contributed by atoms with van der Waals surface area (Å²) in [4.78, 5) is 2.30. The number of hydrogen-bond acceptors (Lipinski definition) is 2. The summed E-state index contributed by atoms with van der Waals surface area (Å²) >= 11 is 0. The smallest absolute Gasteiger partial charge is 0.854 e. The van der Waals surface area contributed by atoms with Crippen molar-refractivity contribution in [3.8, 4) is 0 Å². The zero-order chi connectivity index (χ0) is 8.97. The molecule has 0 aromatic rings. The fourth-order valence-corrected chi connectivity index (χ4v) is 1.97. The van der Waals surface area contributed by atoms with E-state index < -0.39 is 0 Å². The molecule has 0 unspecified atom stereocenters. The van der Waals surface area contributed by atoms with Crippen LogP contribution in [0.5, 0.6) is 0 Å². The summed E-state index contributed by atoms with van der Waals surface area (Å²) in [6.45, 7) is 7.70. The first-order valence-electron chi connectivity index (χ1n) is 5.04. The molecule has 2 nitrogen and oxygen atoms in total. The molecule has 0 bridgehead atoms. The summed E-state index contributed by atoms with van der Waals surface area (Å²) in [5, 5.41) is 10.4. The zero-order valence-corrected chi connectivity index (χ0v) is 12.4. The van der Waals surface area contributed by atoms with Crippen LogP contribution < -0.4 is 56.5 Å². The Hall–Kier alpha value is 1.56. The van der Waals surface area contributed by atoms with Crippen LogP contribution in [-0.4, -0.2) is 31.1 Å². The molecule has 1 aliphatic heterocycles. The van der Waals surface area contributed by atoms with Gasteiger partial charge in [-0.25, -0.2) is 0 Å². The van der Waals surface area contributed by atoms with Gasteiger partial charge in [0.1, 0.15) is 0 Å². The maximum absolute atomic E-state index is 10.4. The van der Waals surface area contributed by atoms with Crippen molar-refractivity contribution in [2.45, 2.75) is 26.7 Å². The molecular weight excluding hydrogens is 189 g/mol. The molecule has 0 radical (unpaired) electrons. The molecule has 0 N–H and O–H groups in total. The van der Waals surface area contributed by atoms with Crippen molar-refractivity contribution in [3.05, 3.63) is 0 Å². The van der Waals surface area contributed by atoms with Gasteiger partial charge >= 0.3 is 51.4 Å². The molecule has 0 amide bonds. The first-order chi connectivity index (χ1) is 5.74. The number of likely N-dealkylation sites (tertiary alicyclic amines) is 1. The van der Waals surface area contributed by atoms with E-state index in [-0.39, 0.29) is 58.0 Å². The molecule has 1 rings (SSSR count). The number of rotatable bonds is 3. The maximum atomic E-state index is 10.4. The van der Waals surface area contributed by atoms with Crippen molar-refractivity contribution < 1.29 is 56.5 Å². The van der Waals surface area contributed by atoms with Gasteiger partial charge in [-0.2, -0.15) is 0 Å². The second-order valence-electron chi connectivity index (χ2n) is 4.13. The Kier molecular flexibility index (Phi) is 8.73. The van der Waals surface area contributed by atoms with Crippen LogP contribution in [0, 0.1) is 11.8 Å². The van der Waals surface area contributed by atoms with Gasteiger partial charge in [0, 0.05) is 0 Å². The predicted molar refractivity (Wildman–Crippen MR) is 48.9 cm³/mol. The minimum atomic E-state index is 0. The molecular formula is C10H20KNO. The Balaban J connectivity index is 0.00000144. The van der Waals surface area contributed by atoms with Gasteiger partial charge in [0.05, 0.1) is 0 Å². The maximum Gasteiger partial charge on any atom is 1.00 e. The average Bonchev–Trinajstić information content (AvgIpc) is 2.06. The number of piperidine rings is 1. The summed E-state index contributed by atoms with van der Waals surface area (Å²) in [5.74, 6) is 1.72. The molecule has 3 heteroatoms. The summed E-state index contributed by atoms with van der Waals surface area (Å²) in [6, 6.07) is 0. The first kappa shape index (κ1) is 14.6. The van der Waals surface area contributed by atoms with E-state index in [4.69, 9.17) is 0 Å². The number of nitrogens with zero attached hydrogens (tertiary/aromatic N) is 1. The Labute approximate surface area is 124 Å². The minimum absolute atomic E-state index is 0. The Morgan fingerprint density at radius 3 is 2.23 bits per heavy atom. The van der Waals surface area contributed by atoms with Crippen molar-refractivity contribution in [3.63, 3.8) is 0 Å². The largest absolute Gasteiger partial charge is 1.00 e. The van der Waals surface area contributed by atoms with Crippen LogP contribution in [0.2, 0.25) is 0 Å². The molecule has 1 saturated heterocycles. The standard InChI is InChI=1S/C10H20NO.K/c1-9(2)10-3-5-11(6-4-10)7-8-12;/h9-10H,3-8H2,1-2H3;/q-1;+1. The van der Waals surface area contributed by atoms with Gasteiger partial charge in [0.2, 0.25) is 0 Å². The third-order valence-corrected chi connectivity index (χ3v) is 2.98. The normalized spacial score (nSPS) is 20.3. The van der Waals surface area contributed by atoms with E-state index in [1.165, 1.54) is 12.8 Å².